The van der Waals surface area contributed by atoms with Gasteiger partial charge in [-0.3, -0.25) is 4.79 Å². The number of carbonyl (C=O) groups is 1. The van der Waals surface area contributed by atoms with Gasteiger partial charge in [0.2, 0.25) is 0 Å². The molecule has 0 saturated carbocycles. The van der Waals surface area contributed by atoms with E-state index in [4.69, 9.17) is 10.00 Å². The molecule has 21 heavy (non-hydrogen) atoms. The average molecular weight is 302 g/mol. The minimum atomic E-state index is -0.321. The van der Waals surface area contributed by atoms with Crippen molar-refractivity contribution in [2.75, 3.05) is 0 Å². The molecule has 1 heterocycles. The van der Waals surface area contributed by atoms with Crippen molar-refractivity contribution in [1.82, 2.24) is 4.98 Å². The van der Waals surface area contributed by atoms with Gasteiger partial charge in [0.15, 0.2) is 0 Å². The number of benzene rings is 1. The Bertz CT molecular complexity index is 625. The van der Waals surface area contributed by atoms with Gasteiger partial charge < -0.3 is 4.74 Å². The number of aryl methyl sites for hydroxylation is 1. The second kappa shape index (κ2) is 7.19. The van der Waals surface area contributed by atoms with E-state index < -0.39 is 0 Å². The Balaban J connectivity index is 1.90. The Kier molecular flexibility index (Phi) is 5.29. The zero-order valence-electron chi connectivity index (χ0n) is 12.2. The SMILES string of the molecule is CC(C)[C@H](CC#N)OC(=O)CCc1nc2ccccc2s1. The van der Waals surface area contributed by atoms with Crippen LogP contribution in [0.25, 0.3) is 10.2 Å². The van der Waals surface area contributed by atoms with Gasteiger partial charge in [-0.05, 0) is 18.1 Å². The van der Waals surface area contributed by atoms with Gasteiger partial charge in [0.25, 0.3) is 0 Å². The molecule has 0 fully saturated rings. The van der Waals surface area contributed by atoms with E-state index in [0.29, 0.717) is 12.8 Å². The van der Waals surface area contributed by atoms with Crippen LogP contribution in [0.5, 0.6) is 0 Å². The number of nitriles is 1. The zero-order chi connectivity index (χ0) is 15.2. The summed E-state index contributed by atoms with van der Waals surface area (Å²) in [5.74, 6) is -0.112. The molecular weight excluding hydrogens is 284 g/mol. The normalized spacial score (nSPS) is 12.3. The molecule has 0 aliphatic heterocycles. The van der Waals surface area contributed by atoms with Gasteiger partial charge in [-0.15, -0.1) is 11.3 Å². The molecule has 0 saturated heterocycles. The third kappa shape index (κ3) is 4.27. The fourth-order valence-corrected chi connectivity index (χ4v) is 2.93. The lowest BCUT2D eigenvalue weighted by Crippen LogP contribution is -2.23. The Hall–Kier alpha value is -1.93. The van der Waals surface area contributed by atoms with Crippen molar-refractivity contribution in [2.24, 2.45) is 5.92 Å². The first-order chi connectivity index (χ1) is 10.1. The number of carbonyl (C=O) groups excluding carboxylic acids is 1. The number of hydrogen-bond acceptors (Lipinski definition) is 5. The highest BCUT2D eigenvalue weighted by Crippen LogP contribution is 2.22. The Labute approximate surface area is 128 Å². The lowest BCUT2D eigenvalue weighted by Gasteiger charge is -2.18. The van der Waals surface area contributed by atoms with E-state index >= 15 is 0 Å². The molecule has 1 aromatic carbocycles. The highest BCUT2D eigenvalue weighted by atomic mass is 32.1. The number of fused-ring (bicyclic) bond motifs is 1. The van der Waals surface area contributed by atoms with Gasteiger partial charge in [-0.1, -0.05) is 26.0 Å². The third-order valence-corrected chi connectivity index (χ3v) is 4.30. The van der Waals surface area contributed by atoms with Crippen LogP contribution < -0.4 is 0 Å². The highest BCUT2D eigenvalue weighted by molar-refractivity contribution is 7.18. The van der Waals surface area contributed by atoms with Crippen LogP contribution in [0.3, 0.4) is 0 Å². The standard InChI is InChI=1S/C16H18N2O2S/c1-11(2)13(9-10-17)20-16(19)8-7-15-18-12-5-3-4-6-14(12)21-15/h3-6,11,13H,7-9H2,1-2H3/t13-/m0/s1. The molecule has 0 amide bonds. The molecule has 0 unspecified atom stereocenters. The first-order valence-corrected chi connectivity index (χ1v) is 7.82. The fraction of sp³-hybridized carbons (Fsp3) is 0.438. The first kappa shape index (κ1) is 15.5. The minimum absolute atomic E-state index is 0.149. The molecule has 4 nitrogen and oxygen atoms in total. The van der Waals surface area contributed by atoms with E-state index in [2.05, 4.69) is 11.1 Å². The summed E-state index contributed by atoms with van der Waals surface area (Å²) in [7, 11) is 0. The van der Waals surface area contributed by atoms with Gasteiger partial charge in [0.05, 0.1) is 34.1 Å². The van der Waals surface area contributed by atoms with Crippen LogP contribution in [-0.4, -0.2) is 17.1 Å². The smallest absolute Gasteiger partial charge is 0.306 e. The number of esters is 1. The van der Waals surface area contributed by atoms with Gasteiger partial charge in [0.1, 0.15) is 6.10 Å². The zero-order valence-corrected chi connectivity index (χ0v) is 13.0. The molecule has 1 aromatic heterocycles. The van der Waals surface area contributed by atoms with Gasteiger partial charge >= 0.3 is 5.97 Å². The molecule has 0 aliphatic carbocycles. The van der Waals surface area contributed by atoms with E-state index in [1.807, 2.05) is 38.1 Å². The van der Waals surface area contributed by atoms with Crippen LogP contribution in [0.15, 0.2) is 24.3 Å². The summed E-state index contributed by atoms with van der Waals surface area (Å²) >= 11 is 1.60. The molecule has 5 heteroatoms. The van der Waals surface area contributed by atoms with Crippen molar-refractivity contribution < 1.29 is 9.53 Å². The van der Waals surface area contributed by atoms with Gasteiger partial charge in [-0.2, -0.15) is 5.26 Å². The summed E-state index contributed by atoms with van der Waals surface area (Å²) in [5.41, 5.74) is 0.968. The lowest BCUT2D eigenvalue weighted by atomic mass is 10.1. The number of hydrogen-bond donors (Lipinski definition) is 0. The summed E-state index contributed by atoms with van der Waals surface area (Å²) in [4.78, 5) is 16.4. The maximum absolute atomic E-state index is 11.9. The van der Waals surface area contributed by atoms with E-state index in [0.717, 1.165) is 15.2 Å². The molecule has 2 aromatic rings. The molecule has 0 N–H and O–H groups in total. The maximum atomic E-state index is 11.9. The fourth-order valence-electron chi connectivity index (χ4n) is 1.97. The van der Waals surface area contributed by atoms with Crippen molar-refractivity contribution in [3.05, 3.63) is 29.3 Å². The number of para-hydroxylation sites is 1. The number of rotatable bonds is 6. The summed E-state index contributed by atoms with van der Waals surface area (Å²) in [6, 6.07) is 9.98. The molecule has 110 valence electrons. The number of ether oxygens (including phenoxy) is 1. The van der Waals surface area contributed by atoms with E-state index in [1.165, 1.54) is 0 Å². The summed E-state index contributed by atoms with van der Waals surface area (Å²) in [5, 5.41) is 9.68. The molecule has 0 radical (unpaired) electrons. The topological polar surface area (TPSA) is 63.0 Å². The minimum Gasteiger partial charge on any atom is -0.461 e. The molecule has 2 rings (SSSR count). The Morgan fingerprint density at radius 3 is 2.86 bits per heavy atom. The van der Waals surface area contributed by atoms with Crippen molar-refractivity contribution in [3.8, 4) is 6.07 Å². The number of nitrogens with zero attached hydrogens (tertiary/aromatic N) is 2. The predicted molar refractivity (Wildman–Crippen MR) is 82.9 cm³/mol. The third-order valence-electron chi connectivity index (χ3n) is 3.20. The van der Waals surface area contributed by atoms with E-state index in [-0.39, 0.29) is 24.4 Å². The predicted octanol–water partition coefficient (Wildman–Crippen LogP) is 3.71. The van der Waals surface area contributed by atoms with Crippen LogP contribution in [-0.2, 0) is 16.0 Å². The molecule has 1 atom stereocenters. The van der Waals surface area contributed by atoms with Crippen molar-refractivity contribution >= 4 is 27.5 Å². The van der Waals surface area contributed by atoms with Crippen LogP contribution in [0.1, 0.15) is 31.7 Å². The Morgan fingerprint density at radius 2 is 2.19 bits per heavy atom. The average Bonchev–Trinajstić information content (AvgIpc) is 2.87. The maximum Gasteiger partial charge on any atom is 0.306 e. The van der Waals surface area contributed by atoms with Crippen molar-refractivity contribution in [1.29, 1.82) is 5.26 Å². The highest BCUT2D eigenvalue weighted by Gasteiger charge is 2.18. The van der Waals surface area contributed by atoms with Crippen LogP contribution in [0, 0.1) is 17.2 Å². The van der Waals surface area contributed by atoms with Crippen molar-refractivity contribution in [2.45, 2.75) is 39.2 Å². The number of aromatic nitrogens is 1. The molecule has 0 spiro atoms. The van der Waals surface area contributed by atoms with Gasteiger partial charge in [-0.25, -0.2) is 4.98 Å². The lowest BCUT2D eigenvalue weighted by molar-refractivity contribution is -0.150. The largest absolute Gasteiger partial charge is 0.461 e. The summed E-state index contributed by atoms with van der Waals surface area (Å²) < 4.78 is 6.49. The van der Waals surface area contributed by atoms with Crippen LogP contribution in [0.2, 0.25) is 0 Å². The second-order valence-corrected chi connectivity index (χ2v) is 6.33. The summed E-state index contributed by atoms with van der Waals surface area (Å²) in [6.07, 6.45) is 0.798. The Morgan fingerprint density at radius 1 is 1.43 bits per heavy atom. The second-order valence-electron chi connectivity index (χ2n) is 5.21. The van der Waals surface area contributed by atoms with Crippen LogP contribution in [0.4, 0.5) is 0 Å². The van der Waals surface area contributed by atoms with Crippen LogP contribution >= 0.6 is 11.3 Å². The van der Waals surface area contributed by atoms with E-state index in [9.17, 15) is 4.79 Å². The van der Waals surface area contributed by atoms with Gasteiger partial charge in [0, 0.05) is 6.42 Å². The first-order valence-electron chi connectivity index (χ1n) is 7.01. The quantitative estimate of drug-likeness (QED) is 0.763. The molecule has 0 aliphatic rings. The molecular formula is C16H18N2O2S. The van der Waals surface area contributed by atoms with E-state index in [1.54, 1.807) is 11.3 Å². The molecule has 0 bridgehead atoms. The number of thiazole rings is 1. The summed E-state index contributed by atoms with van der Waals surface area (Å²) in [6.45, 7) is 3.89. The van der Waals surface area contributed by atoms with Crippen molar-refractivity contribution in [3.63, 3.8) is 0 Å². The monoisotopic (exact) mass is 302 g/mol.